The summed E-state index contributed by atoms with van der Waals surface area (Å²) in [6.45, 7) is 1.90. The van der Waals surface area contributed by atoms with Crippen LogP contribution in [0.3, 0.4) is 0 Å². The van der Waals surface area contributed by atoms with Crippen LogP contribution in [-0.2, 0) is 11.2 Å². The minimum absolute atomic E-state index is 0.136. The van der Waals surface area contributed by atoms with E-state index in [1.165, 1.54) is 12.1 Å². The zero-order chi connectivity index (χ0) is 18.8. The zero-order valence-electron chi connectivity index (χ0n) is 14.2. The molecule has 1 atom stereocenters. The lowest BCUT2D eigenvalue weighted by atomic mass is 10.0. The Bertz CT molecular complexity index is 841. The Hall–Kier alpha value is -2.57. The first-order chi connectivity index (χ1) is 12.3. The number of carbonyl (C=O) groups excluding carboxylic acids is 1. The molecule has 1 aliphatic heterocycles. The maximum atomic E-state index is 14.2. The van der Waals surface area contributed by atoms with Crippen molar-refractivity contribution in [3.63, 3.8) is 0 Å². The van der Waals surface area contributed by atoms with E-state index in [0.29, 0.717) is 24.9 Å². The summed E-state index contributed by atoms with van der Waals surface area (Å²) in [4.78, 5) is 13.9. The van der Waals surface area contributed by atoms with Crippen molar-refractivity contribution in [1.29, 1.82) is 0 Å². The van der Waals surface area contributed by atoms with E-state index in [9.17, 15) is 22.4 Å². The van der Waals surface area contributed by atoms with Crippen molar-refractivity contribution in [2.45, 2.75) is 25.8 Å². The van der Waals surface area contributed by atoms with Crippen molar-refractivity contribution in [2.75, 3.05) is 18.0 Å². The maximum Gasteiger partial charge on any atom is 0.239 e. The molecule has 1 aliphatic rings. The molecule has 0 unspecified atom stereocenters. The van der Waals surface area contributed by atoms with E-state index >= 15 is 0 Å². The first kappa shape index (κ1) is 18.2. The molecule has 1 N–H and O–H groups in total. The minimum atomic E-state index is -0.748. The summed E-state index contributed by atoms with van der Waals surface area (Å²) < 4.78 is 54.3. The van der Waals surface area contributed by atoms with E-state index in [-0.39, 0.29) is 17.8 Å². The fraction of sp³-hybridized carbons (Fsp3) is 0.316. The summed E-state index contributed by atoms with van der Waals surface area (Å²) >= 11 is 0. The highest BCUT2D eigenvalue weighted by atomic mass is 19.1. The summed E-state index contributed by atoms with van der Waals surface area (Å²) in [6, 6.07) is 4.54. The molecule has 1 amide bonds. The van der Waals surface area contributed by atoms with Crippen molar-refractivity contribution < 1.29 is 22.4 Å². The Balaban J connectivity index is 1.71. The van der Waals surface area contributed by atoms with Crippen LogP contribution in [0.15, 0.2) is 30.3 Å². The molecule has 0 fully saturated rings. The van der Waals surface area contributed by atoms with Crippen LogP contribution in [0.25, 0.3) is 0 Å². The van der Waals surface area contributed by atoms with Gasteiger partial charge in [0.1, 0.15) is 23.3 Å². The van der Waals surface area contributed by atoms with Crippen LogP contribution in [0.4, 0.5) is 23.2 Å². The largest absolute Gasteiger partial charge is 0.360 e. The lowest BCUT2D eigenvalue weighted by molar-refractivity contribution is -0.120. The van der Waals surface area contributed by atoms with Crippen LogP contribution in [-0.4, -0.2) is 19.0 Å². The number of anilines is 1. The summed E-state index contributed by atoms with van der Waals surface area (Å²) in [5, 5.41) is 2.63. The first-order valence-corrected chi connectivity index (χ1v) is 8.32. The second kappa shape index (κ2) is 7.35. The molecule has 138 valence electrons. The molecular weight excluding hydrogens is 348 g/mol. The van der Waals surface area contributed by atoms with Gasteiger partial charge in [-0.3, -0.25) is 4.79 Å². The van der Waals surface area contributed by atoms with E-state index in [1.54, 1.807) is 11.8 Å². The number of hydrogen-bond acceptors (Lipinski definition) is 2. The van der Waals surface area contributed by atoms with Crippen LogP contribution in [0.1, 0.15) is 30.5 Å². The SMILES string of the molecule is C[C@H](NC(=O)CN1CCCc2cc(F)cc(F)c21)c1ccc(F)cc1F. The Morgan fingerprint density at radius 1 is 1.12 bits per heavy atom. The van der Waals surface area contributed by atoms with Gasteiger partial charge in [-0.2, -0.15) is 0 Å². The van der Waals surface area contributed by atoms with Crippen molar-refractivity contribution >= 4 is 11.6 Å². The minimum Gasteiger partial charge on any atom is -0.360 e. The number of nitrogens with zero attached hydrogens (tertiary/aromatic N) is 1. The first-order valence-electron chi connectivity index (χ1n) is 8.32. The van der Waals surface area contributed by atoms with Gasteiger partial charge in [-0.15, -0.1) is 0 Å². The molecule has 0 saturated carbocycles. The van der Waals surface area contributed by atoms with Gasteiger partial charge in [0.15, 0.2) is 0 Å². The van der Waals surface area contributed by atoms with E-state index < -0.39 is 35.2 Å². The van der Waals surface area contributed by atoms with Gasteiger partial charge in [0.25, 0.3) is 0 Å². The highest BCUT2D eigenvalue weighted by Crippen LogP contribution is 2.30. The third-order valence-corrected chi connectivity index (χ3v) is 4.44. The number of aryl methyl sites for hydroxylation is 1. The van der Waals surface area contributed by atoms with E-state index in [4.69, 9.17) is 0 Å². The van der Waals surface area contributed by atoms with E-state index in [1.807, 2.05) is 0 Å². The molecule has 0 spiro atoms. The van der Waals surface area contributed by atoms with Crippen molar-refractivity contribution in [1.82, 2.24) is 5.32 Å². The molecule has 0 aromatic heterocycles. The van der Waals surface area contributed by atoms with Gasteiger partial charge >= 0.3 is 0 Å². The van der Waals surface area contributed by atoms with Gasteiger partial charge < -0.3 is 10.2 Å². The van der Waals surface area contributed by atoms with Gasteiger partial charge in [-0.1, -0.05) is 6.07 Å². The zero-order valence-corrected chi connectivity index (χ0v) is 14.2. The molecule has 2 aromatic carbocycles. The molecule has 3 rings (SSSR count). The van der Waals surface area contributed by atoms with Crippen molar-refractivity contribution in [2.24, 2.45) is 0 Å². The Morgan fingerprint density at radius 3 is 2.58 bits per heavy atom. The van der Waals surface area contributed by atoms with Crippen LogP contribution < -0.4 is 10.2 Å². The molecular formula is C19H18F4N2O. The number of rotatable bonds is 4. The highest BCUT2D eigenvalue weighted by molar-refractivity contribution is 5.82. The Morgan fingerprint density at radius 2 is 1.85 bits per heavy atom. The molecule has 3 nitrogen and oxygen atoms in total. The summed E-state index contributed by atoms with van der Waals surface area (Å²) in [6.07, 6.45) is 1.21. The lowest BCUT2D eigenvalue weighted by Crippen LogP contribution is -2.41. The summed E-state index contributed by atoms with van der Waals surface area (Å²) in [5.74, 6) is -3.23. The fourth-order valence-corrected chi connectivity index (χ4v) is 3.29. The summed E-state index contributed by atoms with van der Waals surface area (Å²) in [7, 11) is 0. The van der Waals surface area contributed by atoms with Crippen molar-refractivity contribution in [3.05, 3.63) is 64.7 Å². The molecule has 0 radical (unpaired) electrons. The van der Waals surface area contributed by atoms with Gasteiger partial charge in [-0.05, 0) is 37.5 Å². The van der Waals surface area contributed by atoms with Crippen LogP contribution in [0.2, 0.25) is 0 Å². The van der Waals surface area contributed by atoms with Crippen molar-refractivity contribution in [3.8, 4) is 0 Å². The Labute approximate surface area is 148 Å². The lowest BCUT2D eigenvalue weighted by Gasteiger charge is -2.31. The number of nitrogens with one attached hydrogen (secondary N) is 1. The predicted octanol–water partition coefficient (Wildman–Crippen LogP) is 3.87. The normalized spacial score (nSPS) is 14.7. The molecule has 0 aliphatic carbocycles. The monoisotopic (exact) mass is 366 g/mol. The second-order valence-corrected chi connectivity index (χ2v) is 6.38. The maximum absolute atomic E-state index is 14.2. The van der Waals surface area contributed by atoms with E-state index in [0.717, 1.165) is 18.2 Å². The third kappa shape index (κ3) is 3.81. The quantitative estimate of drug-likeness (QED) is 0.833. The number of carbonyl (C=O) groups is 1. The van der Waals surface area contributed by atoms with Gasteiger partial charge in [0.05, 0.1) is 18.3 Å². The molecule has 26 heavy (non-hydrogen) atoms. The molecule has 1 heterocycles. The van der Waals surface area contributed by atoms with Crippen LogP contribution >= 0.6 is 0 Å². The number of amides is 1. The Kier molecular flexibility index (Phi) is 5.15. The number of hydrogen-bond donors (Lipinski definition) is 1. The third-order valence-electron chi connectivity index (χ3n) is 4.44. The van der Waals surface area contributed by atoms with Crippen LogP contribution in [0.5, 0.6) is 0 Å². The van der Waals surface area contributed by atoms with Gasteiger partial charge in [0.2, 0.25) is 5.91 Å². The second-order valence-electron chi connectivity index (χ2n) is 6.38. The highest BCUT2D eigenvalue weighted by Gasteiger charge is 2.24. The average molecular weight is 366 g/mol. The topological polar surface area (TPSA) is 32.3 Å². The van der Waals surface area contributed by atoms with Gasteiger partial charge in [-0.25, -0.2) is 17.6 Å². The summed E-state index contributed by atoms with van der Waals surface area (Å²) in [5.41, 5.74) is 0.916. The smallest absolute Gasteiger partial charge is 0.239 e. The molecule has 0 bridgehead atoms. The van der Waals surface area contributed by atoms with Crippen LogP contribution in [0, 0.1) is 23.3 Å². The molecule has 2 aromatic rings. The number of halogens is 4. The molecule has 7 heteroatoms. The standard InChI is InChI=1S/C19H18F4N2O/c1-11(15-5-4-13(20)8-16(15)22)24-18(26)10-25-6-2-3-12-7-14(21)9-17(23)19(12)25/h4-5,7-9,11H,2-3,6,10H2,1H3,(H,24,26)/t11-/m0/s1. The van der Waals surface area contributed by atoms with E-state index in [2.05, 4.69) is 5.32 Å². The molecule has 0 saturated heterocycles. The fourth-order valence-electron chi connectivity index (χ4n) is 3.29. The number of benzene rings is 2. The average Bonchev–Trinajstić information content (AvgIpc) is 2.53. The number of fused-ring (bicyclic) bond motifs is 1. The predicted molar refractivity (Wildman–Crippen MR) is 89.8 cm³/mol. The van der Waals surface area contributed by atoms with Gasteiger partial charge in [0, 0.05) is 24.2 Å².